The molecule has 5 heteroatoms. The summed E-state index contributed by atoms with van der Waals surface area (Å²) in [6.45, 7) is 1.97. The molecule has 0 fully saturated rings. The maximum Gasteiger partial charge on any atom is 0.229 e. The summed E-state index contributed by atoms with van der Waals surface area (Å²) in [4.78, 5) is 17.3. The fourth-order valence-electron chi connectivity index (χ4n) is 2.03. The standard InChI is InChI=1S/C14H13N3OS/c1-10-12(4-5-13-15-6-7-17(10)13)16-14(18)9-11-3-2-8-19-11/h2-8H,9H2,1H3,(H,16,18). The summed E-state index contributed by atoms with van der Waals surface area (Å²) >= 11 is 1.59. The number of amides is 1. The summed E-state index contributed by atoms with van der Waals surface area (Å²) in [6, 6.07) is 7.71. The molecule has 0 aliphatic rings. The average Bonchev–Trinajstić information content (AvgIpc) is 3.03. The van der Waals surface area contributed by atoms with Gasteiger partial charge in [-0.1, -0.05) is 6.07 Å². The number of nitrogens with zero attached hydrogens (tertiary/aromatic N) is 2. The third kappa shape index (κ3) is 2.37. The maximum atomic E-state index is 12.0. The highest BCUT2D eigenvalue weighted by atomic mass is 32.1. The van der Waals surface area contributed by atoms with Gasteiger partial charge in [-0.15, -0.1) is 11.3 Å². The number of aromatic nitrogens is 2. The van der Waals surface area contributed by atoms with Gasteiger partial charge in [0, 0.05) is 23.0 Å². The molecule has 3 heterocycles. The van der Waals surface area contributed by atoms with Gasteiger partial charge in [0.1, 0.15) is 5.65 Å². The van der Waals surface area contributed by atoms with Gasteiger partial charge in [0.05, 0.1) is 12.1 Å². The van der Waals surface area contributed by atoms with Gasteiger partial charge in [-0.25, -0.2) is 4.98 Å². The number of hydrogen-bond acceptors (Lipinski definition) is 3. The van der Waals surface area contributed by atoms with Crippen LogP contribution < -0.4 is 5.32 Å². The highest BCUT2D eigenvalue weighted by Gasteiger charge is 2.08. The van der Waals surface area contributed by atoms with Crippen molar-refractivity contribution in [2.45, 2.75) is 13.3 Å². The molecule has 0 saturated carbocycles. The van der Waals surface area contributed by atoms with Crippen molar-refractivity contribution in [1.82, 2.24) is 9.38 Å². The number of anilines is 1. The number of carbonyl (C=O) groups excluding carboxylic acids is 1. The van der Waals surface area contributed by atoms with E-state index in [9.17, 15) is 4.79 Å². The Bertz CT molecular complexity index is 715. The largest absolute Gasteiger partial charge is 0.324 e. The second-order valence-corrected chi connectivity index (χ2v) is 5.32. The Morgan fingerprint density at radius 2 is 2.32 bits per heavy atom. The number of pyridine rings is 1. The minimum Gasteiger partial charge on any atom is -0.324 e. The number of rotatable bonds is 3. The number of carbonyl (C=O) groups is 1. The zero-order valence-corrected chi connectivity index (χ0v) is 11.3. The molecular formula is C14H13N3OS. The topological polar surface area (TPSA) is 46.4 Å². The van der Waals surface area contributed by atoms with Crippen molar-refractivity contribution in [2.24, 2.45) is 0 Å². The molecule has 3 aromatic rings. The summed E-state index contributed by atoms with van der Waals surface area (Å²) in [5, 5.41) is 4.93. The zero-order chi connectivity index (χ0) is 13.2. The van der Waals surface area contributed by atoms with Crippen LogP contribution in [-0.4, -0.2) is 15.3 Å². The normalized spacial score (nSPS) is 10.8. The van der Waals surface area contributed by atoms with E-state index in [-0.39, 0.29) is 5.91 Å². The molecule has 0 aliphatic heterocycles. The molecule has 96 valence electrons. The number of imidazole rings is 1. The van der Waals surface area contributed by atoms with Crippen LogP contribution in [-0.2, 0) is 11.2 Å². The molecule has 0 spiro atoms. The molecule has 4 nitrogen and oxygen atoms in total. The molecule has 19 heavy (non-hydrogen) atoms. The van der Waals surface area contributed by atoms with Crippen molar-refractivity contribution >= 4 is 28.6 Å². The lowest BCUT2D eigenvalue weighted by atomic mass is 10.2. The van der Waals surface area contributed by atoms with Crippen molar-refractivity contribution in [3.05, 3.63) is 52.6 Å². The minimum absolute atomic E-state index is 0.00464. The predicted octanol–water partition coefficient (Wildman–Crippen LogP) is 2.89. The van der Waals surface area contributed by atoms with Crippen LogP contribution >= 0.6 is 11.3 Å². The summed E-state index contributed by atoms with van der Waals surface area (Å²) in [6.07, 6.45) is 4.05. The molecule has 0 unspecified atom stereocenters. The number of aryl methyl sites for hydroxylation is 1. The van der Waals surface area contributed by atoms with Gasteiger partial charge in [0.2, 0.25) is 5.91 Å². The first kappa shape index (κ1) is 11.9. The van der Waals surface area contributed by atoms with Crippen LogP contribution in [0.15, 0.2) is 42.0 Å². The quantitative estimate of drug-likeness (QED) is 0.796. The fourth-order valence-corrected chi connectivity index (χ4v) is 2.73. The summed E-state index contributed by atoms with van der Waals surface area (Å²) in [7, 11) is 0. The van der Waals surface area contributed by atoms with Gasteiger partial charge in [-0.3, -0.25) is 4.79 Å². The lowest BCUT2D eigenvalue weighted by Gasteiger charge is -2.09. The van der Waals surface area contributed by atoms with E-state index in [1.807, 2.05) is 47.2 Å². The molecular weight excluding hydrogens is 258 g/mol. The molecule has 1 amide bonds. The Kier molecular flexibility index (Phi) is 3.05. The Balaban J connectivity index is 1.81. The van der Waals surface area contributed by atoms with Crippen molar-refractivity contribution in [2.75, 3.05) is 5.32 Å². The lowest BCUT2D eigenvalue weighted by molar-refractivity contribution is -0.115. The summed E-state index contributed by atoms with van der Waals surface area (Å²) in [5.41, 5.74) is 2.69. The molecule has 0 bridgehead atoms. The summed E-state index contributed by atoms with van der Waals surface area (Å²) in [5.74, 6) is 0.00464. The SMILES string of the molecule is Cc1c(NC(=O)Cc2cccs2)ccc2nccn12. The van der Waals surface area contributed by atoms with Crippen LogP contribution in [0.25, 0.3) is 5.65 Å². The molecule has 3 rings (SSSR count). The van der Waals surface area contributed by atoms with Crippen LogP contribution in [0.1, 0.15) is 10.6 Å². The highest BCUT2D eigenvalue weighted by molar-refractivity contribution is 7.10. The predicted molar refractivity (Wildman–Crippen MR) is 76.6 cm³/mol. The Morgan fingerprint density at radius 1 is 1.42 bits per heavy atom. The van der Waals surface area contributed by atoms with Crippen molar-refractivity contribution in [1.29, 1.82) is 0 Å². The van der Waals surface area contributed by atoms with Crippen LogP contribution in [0, 0.1) is 6.92 Å². The highest BCUT2D eigenvalue weighted by Crippen LogP contribution is 2.17. The molecule has 3 aromatic heterocycles. The first-order valence-electron chi connectivity index (χ1n) is 5.99. The molecule has 0 radical (unpaired) electrons. The first-order chi connectivity index (χ1) is 9.24. The van der Waals surface area contributed by atoms with E-state index in [1.54, 1.807) is 17.5 Å². The van der Waals surface area contributed by atoms with Gasteiger partial charge >= 0.3 is 0 Å². The van der Waals surface area contributed by atoms with Crippen LogP contribution in [0.3, 0.4) is 0 Å². The minimum atomic E-state index is 0.00464. The van der Waals surface area contributed by atoms with E-state index in [2.05, 4.69) is 10.3 Å². The molecule has 1 N–H and O–H groups in total. The van der Waals surface area contributed by atoms with Gasteiger partial charge in [-0.2, -0.15) is 0 Å². The monoisotopic (exact) mass is 271 g/mol. The number of nitrogens with one attached hydrogen (secondary N) is 1. The van der Waals surface area contributed by atoms with E-state index in [4.69, 9.17) is 0 Å². The van der Waals surface area contributed by atoms with E-state index >= 15 is 0 Å². The van der Waals surface area contributed by atoms with E-state index in [1.165, 1.54) is 0 Å². The van der Waals surface area contributed by atoms with Gasteiger partial charge in [-0.05, 0) is 30.5 Å². The third-order valence-electron chi connectivity index (χ3n) is 3.01. The molecule has 0 aromatic carbocycles. The Morgan fingerprint density at radius 3 is 3.11 bits per heavy atom. The molecule has 0 aliphatic carbocycles. The zero-order valence-electron chi connectivity index (χ0n) is 10.5. The van der Waals surface area contributed by atoms with E-state index < -0.39 is 0 Å². The van der Waals surface area contributed by atoms with E-state index in [0.29, 0.717) is 6.42 Å². The number of hydrogen-bond donors (Lipinski definition) is 1. The van der Waals surface area contributed by atoms with Crippen LogP contribution in [0.2, 0.25) is 0 Å². The van der Waals surface area contributed by atoms with Crippen molar-refractivity contribution < 1.29 is 4.79 Å². The maximum absolute atomic E-state index is 12.0. The third-order valence-corrected chi connectivity index (χ3v) is 3.88. The van der Waals surface area contributed by atoms with Crippen molar-refractivity contribution in [3.63, 3.8) is 0 Å². The Labute approximate surface area is 114 Å². The van der Waals surface area contributed by atoms with E-state index in [0.717, 1.165) is 21.9 Å². The second-order valence-electron chi connectivity index (χ2n) is 4.29. The van der Waals surface area contributed by atoms with Gasteiger partial charge < -0.3 is 9.72 Å². The van der Waals surface area contributed by atoms with Gasteiger partial charge in [0.15, 0.2) is 0 Å². The Hall–Kier alpha value is -2.14. The molecule has 0 atom stereocenters. The van der Waals surface area contributed by atoms with Crippen LogP contribution in [0.5, 0.6) is 0 Å². The average molecular weight is 271 g/mol. The number of fused-ring (bicyclic) bond motifs is 1. The van der Waals surface area contributed by atoms with Crippen molar-refractivity contribution in [3.8, 4) is 0 Å². The van der Waals surface area contributed by atoms with Gasteiger partial charge in [0.25, 0.3) is 0 Å². The fraction of sp³-hybridized carbons (Fsp3) is 0.143. The number of thiophene rings is 1. The molecule has 0 saturated heterocycles. The summed E-state index contributed by atoms with van der Waals surface area (Å²) < 4.78 is 1.96. The smallest absolute Gasteiger partial charge is 0.229 e. The van der Waals surface area contributed by atoms with Crippen LogP contribution in [0.4, 0.5) is 5.69 Å². The lowest BCUT2D eigenvalue weighted by Crippen LogP contribution is -2.15. The second kappa shape index (κ2) is 4.85. The first-order valence-corrected chi connectivity index (χ1v) is 6.87.